The molecule has 2 heterocycles. The fourth-order valence-electron chi connectivity index (χ4n) is 1.46. The molecule has 0 saturated carbocycles. The van der Waals surface area contributed by atoms with Gasteiger partial charge in [0.05, 0.1) is 17.7 Å². The lowest BCUT2D eigenvalue weighted by Crippen LogP contribution is -2.24. The van der Waals surface area contributed by atoms with Crippen molar-refractivity contribution in [3.8, 4) is 0 Å². The molecule has 0 spiro atoms. The molecule has 0 aliphatic rings. The number of hydrogen-bond acceptors (Lipinski definition) is 7. The summed E-state index contributed by atoms with van der Waals surface area (Å²) in [5, 5.41) is 18.1. The molecule has 1 N–H and O–H groups in total. The Balaban J connectivity index is 1.77. The first-order chi connectivity index (χ1) is 9.25. The highest BCUT2D eigenvalue weighted by atomic mass is 32.2. The minimum Gasteiger partial charge on any atom is -0.315 e. The van der Waals surface area contributed by atoms with Gasteiger partial charge in [-0.15, -0.1) is 16.4 Å². The second kappa shape index (κ2) is 7.56. The molecular formula is C11H18N6S2. The van der Waals surface area contributed by atoms with E-state index in [-0.39, 0.29) is 0 Å². The summed E-state index contributed by atoms with van der Waals surface area (Å²) in [6.07, 6.45) is 0. The lowest BCUT2D eigenvalue weighted by atomic mass is 10.2. The molecule has 19 heavy (non-hydrogen) atoms. The number of nitrogens with zero attached hydrogens (tertiary/aromatic N) is 5. The normalized spacial score (nSPS) is 11.3. The Labute approximate surface area is 121 Å². The molecule has 2 aromatic heterocycles. The molecule has 8 heteroatoms. The Bertz CT molecular complexity index is 467. The molecule has 0 fully saturated rings. The molecule has 0 bridgehead atoms. The van der Waals surface area contributed by atoms with Crippen LogP contribution >= 0.6 is 23.1 Å². The van der Waals surface area contributed by atoms with E-state index in [0.29, 0.717) is 5.92 Å². The maximum absolute atomic E-state index is 4.25. The predicted molar refractivity (Wildman–Crippen MR) is 77.2 cm³/mol. The third kappa shape index (κ3) is 4.88. The number of nitrogens with one attached hydrogen (secondary N) is 1. The molecular weight excluding hydrogens is 280 g/mol. The highest BCUT2D eigenvalue weighted by Crippen LogP contribution is 2.19. The van der Waals surface area contributed by atoms with Crippen LogP contribution in [0.2, 0.25) is 0 Å². The van der Waals surface area contributed by atoms with E-state index in [1.807, 2.05) is 15.6 Å². The highest BCUT2D eigenvalue weighted by Gasteiger charge is 2.07. The zero-order valence-electron chi connectivity index (χ0n) is 11.1. The third-order valence-electron chi connectivity index (χ3n) is 2.38. The Morgan fingerprint density at radius 3 is 3.11 bits per heavy atom. The van der Waals surface area contributed by atoms with Gasteiger partial charge in [0.25, 0.3) is 0 Å². The minimum absolute atomic E-state index is 0.660. The van der Waals surface area contributed by atoms with Crippen molar-refractivity contribution in [2.24, 2.45) is 5.92 Å². The van der Waals surface area contributed by atoms with Crippen molar-refractivity contribution in [3.63, 3.8) is 0 Å². The van der Waals surface area contributed by atoms with E-state index in [2.05, 4.69) is 39.7 Å². The molecule has 0 radical (unpaired) electrons. The minimum atomic E-state index is 0.660. The summed E-state index contributed by atoms with van der Waals surface area (Å²) in [5.41, 5.74) is 2.91. The van der Waals surface area contributed by atoms with Gasteiger partial charge >= 0.3 is 0 Å². The maximum Gasteiger partial charge on any atom is 0.209 e. The van der Waals surface area contributed by atoms with Crippen molar-refractivity contribution in [1.82, 2.24) is 30.5 Å². The summed E-state index contributed by atoms with van der Waals surface area (Å²) < 4.78 is 1.84. The van der Waals surface area contributed by atoms with Crippen LogP contribution in [0, 0.1) is 5.92 Å². The SMILES string of the molecule is CC(C)CNCCn1nnnc1SCc1cscn1. The van der Waals surface area contributed by atoms with Gasteiger partial charge in [-0.05, 0) is 22.9 Å². The Hall–Kier alpha value is -0.990. The predicted octanol–water partition coefficient (Wildman–Crippen LogP) is 1.67. The summed E-state index contributed by atoms with van der Waals surface area (Å²) in [4.78, 5) is 4.25. The fourth-order valence-corrected chi connectivity index (χ4v) is 2.93. The zero-order valence-corrected chi connectivity index (χ0v) is 12.7. The van der Waals surface area contributed by atoms with Crippen LogP contribution in [0.3, 0.4) is 0 Å². The van der Waals surface area contributed by atoms with E-state index in [1.54, 1.807) is 23.1 Å². The molecule has 6 nitrogen and oxygen atoms in total. The van der Waals surface area contributed by atoms with Gasteiger partial charge in [0.2, 0.25) is 5.16 Å². The monoisotopic (exact) mass is 298 g/mol. The van der Waals surface area contributed by atoms with Gasteiger partial charge < -0.3 is 5.32 Å². The van der Waals surface area contributed by atoms with E-state index in [4.69, 9.17) is 0 Å². The van der Waals surface area contributed by atoms with Crippen LogP contribution in [0.5, 0.6) is 0 Å². The Morgan fingerprint density at radius 1 is 1.47 bits per heavy atom. The summed E-state index contributed by atoms with van der Waals surface area (Å²) in [7, 11) is 0. The number of tetrazole rings is 1. The van der Waals surface area contributed by atoms with Gasteiger partial charge in [-0.2, -0.15) is 0 Å². The third-order valence-corrected chi connectivity index (χ3v) is 4.01. The first kappa shape index (κ1) is 14.4. The molecule has 0 aliphatic heterocycles. The summed E-state index contributed by atoms with van der Waals surface area (Å²) in [6.45, 7) is 7.08. The zero-order chi connectivity index (χ0) is 13.5. The van der Waals surface area contributed by atoms with Crippen LogP contribution < -0.4 is 5.32 Å². The van der Waals surface area contributed by atoms with E-state index in [9.17, 15) is 0 Å². The molecule has 0 unspecified atom stereocenters. The van der Waals surface area contributed by atoms with Crippen molar-refractivity contribution in [2.75, 3.05) is 13.1 Å². The number of aromatic nitrogens is 5. The van der Waals surface area contributed by atoms with Crippen molar-refractivity contribution in [2.45, 2.75) is 31.3 Å². The van der Waals surface area contributed by atoms with Crippen LogP contribution in [0.4, 0.5) is 0 Å². The smallest absolute Gasteiger partial charge is 0.209 e. The standard InChI is InChI=1S/C11H18N6S2/c1-9(2)5-12-3-4-17-11(14-15-16-17)19-7-10-6-18-8-13-10/h6,8-9,12H,3-5,7H2,1-2H3. The lowest BCUT2D eigenvalue weighted by Gasteiger charge is -2.07. The fraction of sp³-hybridized carbons (Fsp3) is 0.636. The molecule has 2 rings (SSSR count). The quantitative estimate of drug-likeness (QED) is 0.590. The summed E-state index contributed by atoms with van der Waals surface area (Å²) in [5.74, 6) is 1.47. The van der Waals surface area contributed by atoms with Crippen molar-refractivity contribution in [1.29, 1.82) is 0 Å². The number of thiazole rings is 1. The topological polar surface area (TPSA) is 68.5 Å². The average Bonchev–Trinajstić information content (AvgIpc) is 3.03. The highest BCUT2D eigenvalue weighted by molar-refractivity contribution is 7.98. The number of hydrogen-bond donors (Lipinski definition) is 1. The van der Waals surface area contributed by atoms with Crippen LogP contribution in [0.25, 0.3) is 0 Å². The Morgan fingerprint density at radius 2 is 2.37 bits per heavy atom. The number of rotatable bonds is 8. The average molecular weight is 298 g/mol. The molecule has 0 amide bonds. The summed E-state index contributed by atoms with van der Waals surface area (Å²) in [6, 6.07) is 0. The second-order valence-electron chi connectivity index (χ2n) is 4.55. The van der Waals surface area contributed by atoms with E-state index in [1.165, 1.54) is 0 Å². The van der Waals surface area contributed by atoms with Gasteiger partial charge in [0.1, 0.15) is 0 Å². The van der Waals surface area contributed by atoms with Crippen LogP contribution in [-0.2, 0) is 12.3 Å². The van der Waals surface area contributed by atoms with E-state index >= 15 is 0 Å². The van der Waals surface area contributed by atoms with Gasteiger partial charge in [-0.1, -0.05) is 25.6 Å². The largest absolute Gasteiger partial charge is 0.315 e. The first-order valence-corrected chi connectivity index (χ1v) is 8.15. The van der Waals surface area contributed by atoms with Crippen LogP contribution in [0.15, 0.2) is 16.0 Å². The first-order valence-electron chi connectivity index (χ1n) is 6.22. The van der Waals surface area contributed by atoms with Crippen molar-refractivity contribution >= 4 is 23.1 Å². The second-order valence-corrected chi connectivity index (χ2v) is 6.21. The lowest BCUT2D eigenvalue weighted by molar-refractivity contribution is 0.482. The molecule has 0 aromatic carbocycles. The molecule has 0 saturated heterocycles. The number of thioether (sulfide) groups is 1. The van der Waals surface area contributed by atoms with Crippen LogP contribution in [-0.4, -0.2) is 38.3 Å². The van der Waals surface area contributed by atoms with Crippen molar-refractivity contribution < 1.29 is 0 Å². The van der Waals surface area contributed by atoms with Gasteiger partial charge in [0, 0.05) is 17.7 Å². The van der Waals surface area contributed by atoms with Crippen molar-refractivity contribution in [3.05, 3.63) is 16.6 Å². The molecule has 0 aliphatic carbocycles. The van der Waals surface area contributed by atoms with E-state index in [0.717, 1.165) is 36.2 Å². The molecule has 104 valence electrons. The molecule has 0 atom stereocenters. The van der Waals surface area contributed by atoms with E-state index < -0.39 is 0 Å². The molecule has 2 aromatic rings. The Kier molecular flexibility index (Phi) is 5.74. The van der Waals surface area contributed by atoms with Gasteiger partial charge in [-0.25, -0.2) is 9.67 Å². The summed E-state index contributed by atoms with van der Waals surface area (Å²) >= 11 is 3.23. The van der Waals surface area contributed by atoms with Gasteiger partial charge in [-0.3, -0.25) is 0 Å². The maximum atomic E-state index is 4.25. The van der Waals surface area contributed by atoms with Crippen LogP contribution in [0.1, 0.15) is 19.5 Å². The van der Waals surface area contributed by atoms with Gasteiger partial charge in [0.15, 0.2) is 0 Å².